The van der Waals surface area contributed by atoms with E-state index in [9.17, 15) is 0 Å². The summed E-state index contributed by atoms with van der Waals surface area (Å²) in [6.07, 6.45) is 2.39. The fraction of sp³-hybridized carbons (Fsp3) is 0.667. The van der Waals surface area contributed by atoms with E-state index in [-0.39, 0.29) is 0 Å². The maximum atomic E-state index is 3.35. The maximum absolute atomic E-state index is 3.35. The van der Waals surface area contributed by atoms with Gasteiger partial charge in [-0.05, 0) is 67.8 Å². The highest BCUT2D eigenvalue weighted by Gasteiger charge is 2.16. The van der Waals surface area contributed by atoms with Crippen molar-refractivity contribution in [3.63, 3.8) is 0 Å². The number of nitrogens with one attached hydrogen (secondary N) is 1. The third-order valence-corrected chi connectivity index (χ3v) is 4.13. The van der Waals surface area contributed by atoms with Crippen molar-refractivity contribution in [2.45, 2.75) is 72.3 Å². The molecule has 1 aromatic carbocycles. The molecule has 1 aromatic rings. The van der Waals surface area contributed by atoms with Gasteiger partial charge in [-0.3, -0.25) is 0 Å². The fourth-order valence-corrected chi connectivity index (χ4v) is 2.93. The summed E-state index contributed by atoms with van der Waals surface area (Å²) in [5.74, 6) is 1.22. The van der Waals surface area contributed by atoms with Crippen LogP contribution in [-0.2, 0) is 6.42 Å². The summed E-state index contributed by atoms with van der Waals surface area (Å²) < 4.78 is 0. The van der Waals surface area contributed by atoms with E-state index >= 15 is 0 Å². The quantitative estimate of drug-likeness (QED) is 0.777. The Labute approximate surface area is 119 Å². The van der Waals surface area contributed by atoms with Gasteiger partial charge in [-0.2, -0.15) is 0 Å². The van der Waals surface area contributed by atoms with Crippen LogP contribution in [0, 0.1) is 6.92 Å². The second-order valence-corrected chi connectivity index (χ2v) is 6.40. The average Bonchev–Trinajstić information content (AvgIpc) is 2.34. The molecule has 108 valence electrons. The van der Waals surface area contributed by atoms with Gasteiger partial charge in [-0.1, -0.05) is 39.8 Å². The van der Waals surface area contributed by atoms with Crippen molar-refractivity contribution in [3.8, 4) is 0 Å². The van der Waals surface area contributed by atoms with Gasteiger partial charge in [-0.15, -0.1) is 0 Å². The van der Waals surface area contributed by atoms with E-state index in [2.05, 4.69) is 59.0 Å². The van der Waals surface area contributed by atoms with E-state index in [4.69, 9.17) is 0 Å². The monoisotopic (exact) mass is 261 g/mol. The first-order valence-corrected chi connectivity index (χ1v) is 7.68. The molecule has 19 heavy (non-hydrogen) atoms. The van der Waals surface area contributed by atoms with Crippen molar-refractivity contribution in [1.29, 1.82) is 0 Å². The number of aryl methyl sites for hydroxylation is 1. The topological polar surface area (TPSA) is 12.0 Å². The smallest absolute Gasteiger partial charge is 0.00388 e. The molecule has 1 atom stereocenters. The van der Waals surface area contributed by atoms with Crippen LogP contribution < -0.4 is 5.32 Å². The molecule has 0 radical (unpaired) electrons. The van der Waals surface area contributed by atoms with E-state index in [1.54, 1.807) is 11.1 Å². The summed E-state index contributed by atoms with van der Waals surface area (Å²) in [5.41, 5.74) is 6.17. The molecule has 0 aromatic heterocycles. The van der Waals surface area contributed by atoms with Gasteiger partial charge in [0.2, 0.25) is 0 Å². The van der Waals surface area contributed by atoms with Gasteiger partial charge in [0.05, 0.1) is 0 Å². The summed E-state index contributed by atoms with van der Waals surface area (Å²) in [4.78, 5) is 0. The molecule has 1 N–H and O–H groups in total. The second kappa shape index (κ2) is 7.09. The van der Waals surface area contributed by atoms with Gasteiger partial charge in [0, 0.05) is 6.04 Å². The van der Waals surface area contributed by atoms with Gasteiger partial charge in [-0.25, -0.2) is 0 Å². The predicted octanol–water partition coefficient (Wildman–Crippen LogP) is 4.78. The number of hydrogen-bond acceptors (Lipinski definition) is 1. The summed E-state index contributed by atoms with van der Waals surface area (Å²) in [6.45, 7) is 13.8. The Morgan fingerprint density at radius 2 is 1.63 bits per heavy atom. The lowest BCUT2D eigenvalue weighted by molar-refractivity contribution is 0.560. The second-order valence-electron chi connectivity index (χ2n) is 6.40. The first kappa shape index (κ1) is 16.2. The van der Waals surface area contributed by atoms with Crippen LogP contribution in [0.25, 0.3) is 0 Å². The normalized spacial score (nSPS) is 13.3. The predicted molar refractivity (Wildman–Crippen MR) is 86.2 cm³/mol. The molecule has 0 aliphatic rings. The van der Waals surface area contributed by atoms with Crippen LogP contribution in [0.15, 0.2) is 12.1 Å². The molecule has 0 bridgehead atoms. The summed E-state index contributed by atoms with van der Waals surface area (Å²) in [5, 5.41) is 3.35. The molecule has 0 saturated heterocycles. The van der Waals surface area contributed by atoms with Gasteiger partial charge < -0.3 is 5.32 Å². The van der Waals surface area contributed by atoms with E-state index in [1.165, 1.54) is 24.0 Å². The van der Waals surface area contributed by atoms with E-state index in [0.29, 0.717) is 17.9 Å². The Morgan fingerprint density at radius 3 is 2.11 bits per heavy atom. The van der Waals surface area contributed by atoms with Gasteiger partial charge in [0.1, 0.15) is 0 Å². The highest BCUT2D eigenvalue weighted by atomic mass is 14.8. The third kappa shape index (κ3) is 4.07. The van der Waals surface area contributed by atoms with Crippen LogP contribution in [0.3, 0.4) is 0 Å². The van der Waals surface area contributed by atoms with Gasteiger partial charge >= 0.3 is 0 Å². The lowest BCUT2D eigenvalue weighted by atomic mass is 9.83. The Kier molecular flexibility index (Phi) is 6.06. The minimum Gasteiger partial charge on any atom is -0.317 e. The van der Waals surface area contributed by atoms with Crippen molar-refractivity contribution >= 4 is 0 Å². The van der Waals surface area contributed by atoms with Gasteiger partial charge in [0.15, 0.2) is 0 Å². The van der Waals surface area contributed by atoms with Crippen molar-refractivity contribution in [1.82, 2.24) is 5.32 Å². The van der Waals surface area contributed by atoms with E-state index < -0.39 is 0 Å². The molecule has 0 saturated carbocycles. The lowest BCUT2D eigenvalue weighted by Gasteiger charge is -2.23. The molecule has 1 nitrogen and oxygen atoms in total. The number of benzene rings is 1. The Morgan fingerprint density at radius 1 is 1.00 bits per heavy atom. The largest absolute Gasteiger partial charge is 0.317 e. The number of rotatable bonds is 6. The van der Waals surface area contributed by atoms with E-state index in [0.717, 1.165) is 0 Å². The zero-order chi connectivity index (χ0) is 14.6. The molecule has 0 aliphatic carbocycles. The van der Waals surface area contributed by atoms with Crippen LogP contribution >= 0.6 is 0 Å². The fourth-order valence-electron chi connectivity index (χ4n) is 2.93. The van der Waals surface area contributed by atoms with Crippen LogP contribution in [0.5, 0.6) is 0 Å². The van der Waals surface area contributed by atoms with E-state index in [1.807, 2.05) is 7.05 Å². The Bertz CT molecular complexity index is 404. The SMILES string of the molecule is CN[C@@H](C)CCc1c(C(C)C)ccc(C)c1C(C)C. The first-order chi connectivity index (χ1) is 8.88. The maximum Gasteiger partial charge on any atom is 0.00388 e. The summed E-state index contributed by atoms with van der Waals surface area (Å²) >= 11 is 0. The molecule has 0 amide bonds. The molecule has 1 rings (SSSR count). The Hall–Kier alpha value is -0.820. The average molecular weight is 261 g/mol. The highest BCUT2D eigenvalue weighted by Crippen LogP contribution is 2.31. The minimum absolute atomic E-state index is 0.584. The molecule has 0 heterocycles. The zero-order valence-corrected chi connectivity index (χ0v) is 13.8. The molecular formula is C18H31N. The van der Waals surface area contributed by atoms with Crippen molar-refractivity contribution in [2.24, 2.45) is 0 Å². The summed E-state index contributed by atoms with van der Waals surface area (Å²) in [6, 6.07) is 5.22. The minimum atomic E-state index is 0.584. The molecule has 0 unspecified atom stereocenters. The lowest BCUT2D eigenvalue weighted by Crippen LogP contribution is -2.22. The van der Waals surface area contributed by atoms with Crippen LogP contribution in [0.1, 0.15) is 75.1 Å². The molecular weight excluding hydrogens is 230 g/mol. The van der Waals surface area contributed by atoms with Crippen LogP contribution in [0.4, 0.5) is 0 Å². The van der Waals surface area contributed by atoms with Crippen molar-refractivity contribution < 1.29 is 0 Å². The third-order valence-electron chi connectivity index (χ3n) is 4.13. The standard InChI is InChI=1S/C18H31N/c1-12(2)16-10-8-14(5)18(13(3)4)17(16)11-9-15(6)19-7/h8,10,12-13,15,19H,9,11H2,1-7H3/t15-/m0/s1. The molecule has 0 spiro atoms. The van der Waals surface area contributed by atoms with Gasteiger partial charge in [0.25, 0.3) is 0 Å². The van der Waals surface area contributed by atoms with Crippen LogP contribution in [0.2, 0.25) is 0 Å². The molecule has 0 aliphatic heterocycles. The Balaban J connectivity index is 3.18. The van der Waals surface area contributed by atoms with Crippen molar-refractivity contribution in [3.05, 3.63) is 34.4 Å². The summed E-state index contributed by atoms with van der Waals surface area (Å²) in [7, 11) is 2.05. The number of hydrogen-bond donors (Lipinski definition) is 1. The van der Waals surface area contributed by atoms with Crippen molar-refractivity contribution in [2.75, 3.05) is 7.05 Å². The molecule has 0 fully saturated rings. The van der Waals surface area contributed by atoms with Crippen LogP contribution in [-0.4, -0.2) is 13.1 Å². The molecule has 1 heteroatoms. The zero-order valence-electron chi connectivity index (χ0n) is 13.8. The first-order valence-electron chi connectivity index (χ1n) is 7.68. The highest BCUT2D eigenvalue weighted by molar-refractivity contribution is 5.44.